The third kappa shape index (κ3) is 4.32. The molecule has 0 radical (unpaired) electrons. The summed E-state index contributed by atoms with van der Waals surface area (Å²) in [6, 6.07) is 12.4. The van der Waals surface area contributed by atoms with Crippen LogP contribution < -0.4 is 14.5 Å². The monoisotopic (exact) mass is 544 g/mol. The third-order valence-corrected chi connectivity index (χ3v) is 6.88. The molecule has 0 aromatic heterocycles. The lowest BCUT2D eigenvalue weighted by atomic mass is 10.1. The summed E-state index contributed by atoms with van der Waals surface area (Å²) >= 11 is 0. The second-order valence-electron chi connectivity index (χ2n) is 9.41. The van der Waals surface area contributed by atoms with Crippen LogP contribution in [0, 0.1) is 40.0 Å². The molecule has 1 atom stereocenters. The number of imide groups is 1. The smallest absolute Gasteiger partial charge is 0.316 e. The molecule has 2 aliphatic heterocycles. The summed E-state index contributed by atoms with van der Waals surface area (Å²) in [6.45, 7) is 3.14. The van der Waals surface area contributed by atoms with Gasteiger partial charge in [-0.3, -0.25) is 39.4 Å². The molecule has 3 aromatic carbocycles. The molecule has 0 spiro atoms. The molecule has 40 heavy (non-hydrogen) atoms. The molecule has 13 heteroatoms. The minimum absolute atomic E-state index is 0.0250. The Morgan fingerprint density at radius 2 is 1.62 bits per heavy atom. The van der Waals surface area contributed by atoms with Crippen LogP contribution in [0.3, 0.4) is 0 Å². The minimum atomic E-state index is -0.832. The summed E-state index contributed by atoms with van der Waals surface area (Å²) in [4.78, 5) is 75.0. The first-order chi connectivity index (χ1) is 19.0. The summed E-state index contributed by atoms with van der Waals surface area (Å²) in [5, 5.41) is 22.7. The topological polar surface area (TPSA) is 170 Å². The number of anilines is 2. The van der Waals surface area contributed by atoms with E-state index in [1.165, 1.54) is 47.4 Å². The van der Waals surface area contributed by atoms with Gasteiger partial charge in [-0.15, -0.1) is 0 Å². The zero-order chi connectivity index (χ0) is 28.9. The Kier molecular flexibility index (Phi) is 6.34. The van der Waals surface area contributed by atoms with Crippen molar-refractivity contribution in [2.45, 2.75) is 20.3 Å². The molecule has 2 aliphatic rings. The van der Waals surface area contributed by atoms with Crippen molar-refractivity contribution >= 4 is 46.4 Å². The minimum Gasteiger partial charge on any atom is -0.426 e. The van der Waals surface area contributed by atoms with E-state index in [0.29, 0.717) is 16.8 Å². The van der Waals surface area contributed by atoms with Gasteiger partial charge in [0.05, 0.1) is 32.7 Å². The van der Waals surface area contributed by atoms with Crippen LogP contribution in [-0.2, 0) is 9.59 Å². The maximum Gasteiger partial charge on any atom is 0.316 e. The molecule has 3 amide bonds. The number of carbonyl (C=O) groups excluding carboxylic acids is 4. The van der Waals surface area contributed by atoms with Crippen LogP contribution in [0.15, 0.2) is 54.6 Å². The van der Waals surface area contributed by atoms with Gasteiger partial charge in [0, 0.05) is 30.7 Å². The van der Waals surface area contributed by atoms with Crippen molar-refractivity contribution in [2.75, 3.05) is 16.3 Å². The van der Waals surface area contributed by atoms with Crippen molar-refractivity contribution in [1.82, 2.24) is 0 Å². The van der Waals surface area contributed by atoms with Crippen LogP contribution in [0.25, 0.3) is 0 Å². The van der Waals surface area contributed by atoms with E-state index >= 15 is 0 Å². The van der Waals surface area contributed by atoms with E-state index < -0.39 is 39.2 Å². The maximum absolute atomic E-state index is 13.0. The molecule has 3 aromatic rings. The second kappa shape index (κ2) is 9.69. The molecule has 0 N–H and O–H groups in total. The van der Waals surface area contributed by atoms with Gasteiger partial charge >= 0.3 is 5.97 Å². The number of ether oxygens (including phenoxy) is 1. The van der Waals surface area contributed by atoms with Crippen molar-refractivity contribution in [3.05, 3.63) is 97.1 Å². The second-order valence-corrected chi connectivity index (χ2v) is 9.41. The van der Waals surface area contributed by atoms with Gasteiger partial charge in [-0.1, -0.05) is 12.1 Å². The highest BCUT2D eigenvalue weighted by Crippen LogP contribution is 2.36. The van der Waals surface area contributed by atoms with Crippen molar-refractivity contribution in [1.29, 1.82) is 0 Å². The molecular weight excluding hydrogens is 524 g/mol. The highest BCUT2D eigenvalue weighted by molar-refractivity contribution is 6.35. The Morgan fingerprint density at radius 3 is 2.30 bits per heavy atom. The van der Waals surface area contributed by atoms with Crippen LogP contribution in [-0.4, -0.2) is 40.1 Å². The number of benzene rings is 3. The van der Waals surface area contributed by atoms with E-state index in [-0.39, 0.29) is 47.1 Å². The van der Waals surface area contributed by atoms with Gasteiger partial charge < -0.3 is 9.64 Å². The highest BCUT2D eigenvalue weighted by Gasteiger charge is 2.42. The first-order valence-electron chi connectivity index (χ1n) is 12.0. The molecule has 1 saturated heterocycles. The zero-order valence-corrected chi connectivity index (χ0v) is 21.2. The van der Waals surface area contributed by atoms with Crippen molar-refractivity contribution in [3.8, 4) is 5.75 Å². The number of amides is 3. The van der Waals surface area contributed by atoms with Crippen molar-refractivity contribution in [3.63, 3.8) is 0 Å². The lowest BCUT2D eigenvalue weighted by molar-refractivity contribution is -0.385. The standard InChI is InChI=1S/C27H20N4O9/c1-14-6-7-17(12-22(14)31(38)39)28-13-16(11-23(28)32)27(35)40-18-8-9-20(15(2)10-18)29-25(33)19-4-3-5-21(30(36)37)24(19)26(29)34/h3-10,12,16H,11,13H2,1-2H3/t16-/m0/s1. The van der Waals surface area contributed by atoms with Gasteiger partial charge in [0.25, 0.3) is 23.2 Å². The number of fused-ring (bicyclic) bond motifs is 1. The van der Waals surface area contributed by atoms with Gasteiger partial charge in [0.15, 0.2) is 0 Å². The summed E-state index contributed by atoms with van der Waals surface area (Å²) in [7, 11) is 0. The summed E-state index contributed by atoms with van der Waals surface area (Å²) < 4.78 is 5.47. The Labute approximate surface area is 225 Å². The van der Waals surface area contributed by atoms with Crippen molar-refractivity contribution in [2.24, 2.45) is 5.92 Å². The molecular formula is C27H20N4O9. The molecule has 2 heterocycles. The molecule has 0 unspecified atom stereocenters. The van der Waals surface area contributed by atoms with Crippen LogP contribution in [0.1, 0.15) is 38.3 Å². The Bertz CT molecular complexity index is 1670. The fourth-order valence-corrected chi connectivity index (χ4v) is 4.86. The Hall–Kier alpha value is -5.46. The number of esters is 1. The molecule has 202 valence electrons. The number of carbonyl (C=O) groups is 4. The SMILES string of the molecule is Cc1cc(OC(=O)[C@H]2CC(=O)N(c3ccc(C)c([N+](=O)[O-])c3)C2)ccc1N1C(=O)c2cccc([N+](=O)[O-])c2C1=O. The van der Waals surface area contributed by atoms with Gasteiger partial charge in [-0.25, -0.2) is 4.90 Å². The van der Waals surface area contributed by atoms with Crippen LogP contribution >= 0.6 is 0 Å². The first-order valence-corrected chi connectivity index (χ1v) is 12.0. The van der Waals surface area contributed by atoms with Gasteiger partial charge in [-0.05, 0) is 49.7 Å². The number of aryl methyl sites for hydroxylation is 2. The Morgan fingerprint density at radius 1 is 0.900 bits per heavy atom. The quantitative estimate of drug-likeness (QED) is 0.147. The third-order valence-electron chi connectivity index (χ3n) is 6.88. The van der Waals surface area contributed by atoms with E-state index in [1.54, 1.807) is 19.9 Å². The summed E-state index contributed by atoms with van der Waals surface area (Å²) in [5.74, 6) is -3.35. The lowest BCUT2D eigenvalue weighted by Gasteiger charge is -2.18. The van der Waals surface area contributed by atoms with E-state index in [1.807, 2.05) is 0 Å². The largest absolute Gasteiger partial charge is 0.426 e. The van der Waals surface area contributed by atoms with Crippen LogP contribution in [0.5, 0.6) is 5.75 Å². The summed E-state index contributed by atoms with van der Waals surface area (Å²) in [6.07, 6.45) is -0.147. The van der Waals surface area contributed by atoms with E-state index in [9.17, 15) is 39.4 Å². The van der Waals surface area contributed by atoms with Crippen molar-refractivity contribution < 1.29 is 33.8 Å². The lowest BCUT2D eigenvalue weighted by Crippen LogP contribution is -2.30. The van der Waals surface area contributed by atoms with E-state index in [0.717, 1.165) is 11.0 Å². The fraction of sp³-hybridized carbons (Fsp3) is 0.185. The molecule has 13 nitrogen and oxygen atoms in total. The predicted octanol–water partition coefficient (Wildman–Crippen LogP) is 3.88. The molecule has 0 bridgehead atoms. The fourth-order valence-electron chi connectivity index (χ4n) is 4.86. The Balaban J connectivity index is 1.32. The molecule has 5 rings (SSSR count). The predicted molar refractivity (Wildman–Crippen MR) is 139 cm³/mol. The number of nitrogens with zero attached hydrogens (tertiary/aromatic N) is 4. The summed E-state index contributed by atoms with van der Waals surface area (Å²) in [5.41, 5.74) is 0.322. The van der Waals surface area contributed by atoms with E-state index in [2.05, 4.69) is 0 Å². The number of nitro benzene ring substituents is 2. The van der Waals surface area contributed by atoms with E-state index in [4.69, 9.17) is 4.74 Å². The van der Waals surface area contributed by atoms with Gasteiger partial charge in [0.1, 0.15) is 11.3 Å². The number of rotatable bonds is 6. The highest BCUT2D eigenvalue weighted by atomic mass is 16.6. The van der Waals surface area contributed by atoms with Gasteiger partial charge in [-0.2, -0.15) is 0 Å². The average Bonchev–Trinajstić information content (AvgIpc) is 3.41. The van der Waals surface area contributed by atoms with Crippen LogP contribution in [0.2, 0.25) is 0 Å². The first kappa shape index (κ1) is 26.2. The molecule has 1 fully saturated rings. The number of hydrogen-bond acceptors (Lipinski definition) is 9. The average molecular weight is 544 g/mol. The zero-order valence-electron chi connectivity index (χ0n) is 21.2. The van der Waals surface area contributed by atoms with Crippen LogP contribution in [0.4, 0.5) is 22.7 Å². The molecule has 0 aliphatic carbocycles. The molecule has 0 saturated carbocycles. The maximum atomic E-state index is 13.0. The number of nitro groups is 2. The number of hydrogen-bond donors (Lipinski definition) is 0. The van der Waals surface area contributed by atoms with Gasteiger partial charge in [0.2, 0.25) is 5.91 Å². The normalized spacial score (nSPS) is 16.4.